The average molecular weight is 1080 g/mol. The molecule has 412 valence electrons. The Kier molecular flexibility index (Phi) is 16.7. The highest BCUT2D eigenvalue weighted by Crippen LogP contribution is 2.38. The molecule has 2 aromatic carbocycles. The van der Waals surface area contributed by atoms with E-state index in [1.807, 2.05) is 32.0 Å². The second-order valence-electron chi connectivity index (χ2n) is 22.0. The van der Waals surface area contributed by atoms with Crippen LogP contribution in [0.4, 0.5) is 17.5 Å². The number of rotatable bonds is 17. The maximum Gasteiger partial charge on any atom is 0.271 e. The lowest BCUT2D eigenvalue weighted by atomic mass is 9.83. The third-order valence-corrected chi connectivity index (χ3v) is 18.4. The molecule has 1 unspecified atom stereocenters. The summed E-state index contributed by atoms with van der Waals surface area (Å²) >= 11 is 0. The number of ether oxygens (including phenoxy) is 1. The number of aromatic nitrogens is 6. The molecule has 2 saturated heterocycles. The summed E-state index contributed by atoms with van der Waals surface area (Å²) in [5, 5.41) is 23.4. The number of aromatic amines is 1. The van der Waals surface area contributed by atoms with Gasteiger partial charge in [0.1, 0.15) is 53.0 Å². The van der Waals surface area contributed by atoms with Gasteiger partial charge in [0.15, 0.2) is 15.7 Å². The van der Waals surface area contributed by atoms with E-state index in [0.29, 0.717) is 61.1 Å². The summed E-state index contributed by atoms with van der Waals surface area (Å²) in [5.74, 6) is 0.408. The summed E-state index contributed by atoms with van der Waals surface area (Å²) in [7, 11) is -2.17. The summed E-state index contributed by atoms with van der Waals surface area (Å²) in [6.07, 6.45) is 11.8. The van der Waals surface area contributed by atoms with Crippen molar-refractivity contribution in [1.29, 1.82) is 0 Å². The molecule has 77 heavy (non-hydrogen) atoms. The van der Waals surface area contributed by atoms with Crippen LogP contribution in [0.25, 0.3) is 10.9 Å². The second kappa shape index (κ2) is 23.4. The fraction of sp³-hybridized carbons (Fsp3) is 0.545. The van der Waals surface area contributed by atoms with Crippen molar-refractivity contribution < 1.29 is 32.3 Å². The highest BCUT2D eigenvalue weighted by atomic mass is 32.2. The average Bonchev–Trinajstić information content (AvgIpc) is 4.01. The minimum absolute atomic E-state index is 0.0552. The van der Waals surface area contributed by atoms with Crippen LogP contribution < -0.4 is 36.2 Å². The summed E-state index contributed by atoms with van der Waals surface area (Å²) in [6.45, 7) is 14.0. The molecule has 5 aromatic rings. The third kappa shape index (κ3) is 12.2. The number of H-pyrrole nitrogens is 1. The zero-order chi connectivity index (χ0) is 54.6. The molecule has 2 aliphatic carbocycles. The molecule has 1 saturated carbocycles. The Labute approximate surface area is 450 Å². The van der Waals surface area contributed by atoms with Crippen LogP contribution >= 0.6 is 0 Å². The molecule has 3 aromatic heterocycles. The van der Waals surface area contributed by atoms with Crippen molar-refractivity contribution in [2.45, 2.75) is 139 Å². The molecule has 0 spiro atoms. The minimum atomic E-state index is -3.87. The number of anilines is 3. The van der Waals surface area contributed by atoms with Crippen LogP contribution in [-0.2, 0) is 30.6 Å². The van der Waals surface area contributed by atoms with Crippen LogP contribution in [0, 0.1) is 19.8 Å². The summed E-state index contributed by atoms with van der Waals surface area (Å²) in [5.41, 5.74) is 4.71. The monoisotopic (exact) mass is 1070 g/mol. The molecule has 4 amide bonds. The van der Waals surface area contributed by atoms with Gasteiger partial charge in [0.25, 0.3) is 5.91 Å². The molecule has 21 nitrogen and oxygen atoms in total. The van der Waals surface area contributed by atoms with Crippen LogP contribution in [0.3, 0.4) is 0 Å². The molecule has 2 aliphatic heterocycles. The van der Waals surface area contributed by atoms with Crippen LogP contribution in [0.1, 0.15) is 118 Å². The molecule has 0 radical (unpaired) electrons. The number of likely N-dealkylation sites (N-methyl/N-ethyl adjacent to an activating group) is 1. The van der Waals surface area contributed by atoms with Crippen molar-refractivity contribution in [2.24, 2.45) is 5.92 Å². The summed E-state index contributed by atoms with van der Waals surface area (Å²) < 4.78 is 33.3. The Morgan fingerprint density at radius 3 is 2.36 bits per heavy atom. The van der Waals surface area contributed by atoms with E-state index < -0.39 is 44.7 Å². The van der Waals surface area contributed by atoms with Gasteiger partial charge >= 0.3 is 0 Å². The number of carbonyl (C=O) groups is 4. The van der Waals surface area contributed by atoms with E-state index in [1.165, 1.54) is 18.1 Å². The van der Waals surface area contributed by atoms with Gasteiger partial charge in [-0.05, 0) is 110 Å². The number of fused-ring (bicyclic) bond motifs is 2. The second-order valence-corrected chi connectivity index (χ2v) is 24.7. The maximum atomic E-state index is 14.8. The lowest BCUT2D eigenvalue weighted by Crippen LogP contribution is -2.58. The Morgan fingerprint density at radius 1 is 0.896 bits per heavy atom. The maximum absolute atomic E-state index is 14.8. The van der Waals surface area contributed by atoms with E-state index in [-0.39, 0.29) is 65.6 Å². The molecular weight excluding hydrogens is 1000 g/mol. The van der Waals surface area contributed by atoms with Crippen molar-refractivity contribution in [3.05, 3.63) is 83.2 Å². The molecule has 6 N–H and O–H groups in total. The number of sulfone groups is 1. The predicted octanol–water partition coefficient (Wildman–Crippen LogP) is 4.84. The summed E-state index contributed by atoms with van der Waals surface area (Å²) in [6, 6.07) is 8.38. The molecule has 3 fully saturated rings. The van der Waals surface area contributed by atoms with E-state index in [1.54, 1.807) is 58.0 Å². The van der Waals surface area contributed by atoms with Gasteiger partial charge in [0, 0.05) is 68.0 Å². The first-order valence-corrected chi connectivity index (χ1v) is 28.6. The predicted molar refractivity (Wildman–Crippen MR) is 293 cm³/mol. The van der Waals surface area contributed by atoms with Gasteiger partial charge in [-0.15, -0.1) is 0 Å². The lowest BCUT2D eigenvalue weighted by molar-refractivity contribution is -0.143. The largest absolute Gasteiger partial charge is 0.491 e. The Balaban J connectivity index is 0.829. The molecule has 5 atom stereocenters. The Morgan fingerprint density at radius 2 is 1.66 bits per heavy atom. The standard InChI is InChI=1S/C55H74N14O7S/c1-33-34(2)65-66-49(33)64-50-40-27-46(77(74,75)55(4,5)6)45(28-42(40)59-32-60-50)76-25-24-67-20-22-68(23-21-67)47-30-57-43(29-58-47)52(71)61-38-26-44(53(72)62-41-19-13-17-36-14-11-12-18-39(36)41)69(31-38)54(73)48(37-15-9-8-10-16-37)63-51(70)35(3)56-7/h11-12,14,18,27-30,32,35,37-38,41,44,48,56H,8-10,13,15-17,19-26,31H2,1-7H3,(H,61,71)(H,62,72)(H,63,70)(H2,59,60,64,65,66)/t35-,38-,41+,44?,48-/m0/s1. The fourth-order valence-electron chi connectivity index (χ4n) is 10.9. The van der Waals surface area contributed by atoms with Crippen LogP contribution in [0.2, 0.25) is 0 Å². The SMILES string of the molecule is CN[C@@H](C)C(=O)N[C@H](C(=O)N1C[C@@H](NC(=O)c2cnc(N3CCN(CCOc4cc5ncnc(Nc6n[nH]c(C)c6C)c5cc4S(=O)(=O)C(C)(C)C)CC3)cn2)CC1C(=O)N[C@@H]1CCCc2ccccc21)C1CCCCC1. The van der Waals surface area contributed by atoms with E-state index in [0.717, 1.165) is 68.2 Å². The minimum Gasteiger partial charge on any atom is -0.491 e. The Bertz CT molecular complexity index is 3060. The van der Waals surface area contributed by atoms with Gasteiger partial charge in [-0.25, -0.2) is 28.4 Å². The number of carbonyl (C=O) groups excluding carboxylic acids is 4. The number of piperazine rings is 1. The number of hydrogen-bond acceptors (Lipinski definition) is 16. The number of nitrogens with one attached hydrogen (secondary N) is 6. The topological polar surface area (TPSA) is 262 Å². The third-order valence-electron chi connectivity index (χ3n) is 15.9. The van der Waals surface area contributed by atoms with E-state index in [9.17, 15) is 27.6 Å². The number of aryl methyl sites for hydroxylation is 2. The van der Waals surface area contributed by atoms with E-state index >= 15 is 0 Å². The van der Waals surface area contributed by atoms with Gasteiger partial charge in [0.2, 0.25) is 17.7 Å². The molecule has 22 heteroatoms. The van der Waals surface area contributed by atoms with Gasteiger partial charge < -0.3 is 41.1 Å². The zero-order valence-electron chi connectivity index (χ0n) is 45.3. The van der Waals surface area contributed by atoms with Crippen LogP contribution in [-0.4, -0.2) is 154 Å². The number of amides is 4. The van der Waals surface area contributed by atoms with Crippen molar-refractivity contribution in [2.75, 3.05) is 63.1 Å². The van der Waals surface area contributed by atoms with Crippen molar-refractivity contribution in [1.82, 2.24) is 61.2 Å². The van der Waals surface area contributed by atoms with E-state index in [2.05, 4.69) is 72.6 Å². The highest BCUT2D eigenvalue weighted by molar-refractivity contribution is 7.92. The first-order valence-electron chi connectivity index (χ1n) is 27.1. The number of likely N-dealkylation sites (tertiary alicyclic amines) is 1. The molecule has 5 heterocycles. The zero-order valence-corrected chi connectivity index (χ0v) is 46.1. The first kappa shape index (κ1) is 55.0. The van der Waals surface area contributed by atoms with Crippen molar-refractivity contribution in [3.8, 4) is 5.75 Å². The molecule has 4 aliphatic rings. The summed E-state index contributed by atoms with van der Waals surface area (Å²) in [4.78, 5) is 80.5. The van der Waals surface area contributed by atoms with Gasteiger partial charge in [-0.1, -0.05) is 43.5 Å². The quantitative estimate of drug-likeness (QED) is 0.0728. The lowest BCUT2D eigenvalue weighted by Gasteiger charge is -2.35. The van der Waals surface area contributed by atoms with Crippen LogP contribution in [0.5, 0.6) is 5.75 Å². The smallest absolute Gasteiger partial charge is 0.271 e. The number of hydrogen-bond donors (Lipinski definition) is 6. The van der Waals surface area contributed by atoms with Gasteiger partial charge in [-0.3, -0.25) is 29.2 Å². The van der Waals surface area contributed by atoms with Gasteiger partial charge in [0.05, 0.1) is 34.7 Å². The van der Waals surface area contributed by atoms with Gasteiger partial charge in [-0.2, -0.15) is 5.10 Å². The Hall–Kier alpha value is -6.78. The van der Waals surface area contributed by atoms with Crippen molar-refractivity contribution >= 4 is 61.8 Å². The number of benzene rings is 2. The fourth-order valence-corrected chi connectivity index (χ4v) is 12.2. The van der Waals surface area contributed by atoms with Crippen molar-refractivity contribution in [3.63, 3.8) is 0 Å². The van der Waals surface area contributed by atoms with Crippen LogP contribution in [0.15, 0.2) is 60.0 Å². The number of nitrogens with zero attached hydrogens (tertiary/aromatic N) is 8. The molecule has 9 rings (SSSR count). The molecule has 0 bridgehead atoms. The highest BCUT2D eigenvalue weighted by Gasteiger charge is 2.45. The van der Waals surface area contributed by atoms with E-state index in [4.69, 9.17) is 4.74 Å². The molecular formula is C55H74N14O7S. The first-order chi connectivity index (χ1) is 36.9. The normalized spacial score (nSPS) is 20.3.